The number of hydrogen-bond donors (Lipinski definition) is 2. The molecule has 22 heavy (non-hydrogen) atoms. The molecule has 2 rings (SSSR count). The third kappa shape index (κ3) is 3.28. The van der Waals surface area contributed by atoms with E-state index in [-0.39, 0.29) is 11.7 Å². The highest BCUT2D eigenvalue weighted by molar-refractivity contribution is 6.02. The zero-order valence-corrected chi connectivity index (χ0v) is 12.9. The van der Waals surface area contributed by atoms with Crippen LogP contribution in [0.1, 0.15) is 34.4 Å². The van der Waals surface area contributed by atoms with Crippen LogP contribution in [-0.2, 0) is 0 Å². The van der Waals surface area contributed by atoms with E-state index in [4.69, 9.17) is 9.15 Å². The molecule has 0 saturated heterocycles. The number of phenolic OH excluding ortho intramolecular Hbond substituents is 1. The minimum atomic E-state index is -0.360. The van der Waals surface area contributed by atoms with Gasteiger partial charge in [-0.2, -0.15) is 5.10 Å². The van der Waals surface area contributed by atoms with E-state index in [0.29, 0.717) is 34.1 Å². The van der Waals surface area contributed by atoms with Gasteiger partial charge in [0.1, 0.15) is 23.0 Å². The van der Waals surface area contributed by atoms with Crippen LogP contribution in [0.2, 0.25) is 0 Å². The fourth-order valence-corrected chi connectivity index (χ4v) is 2.06. The molecule has 0 bridgehead atoms. The van der Waals surface area contributed by atoms with Crippen LogP contribution < -0.4 is 10.2 Å². The monoisotopic (exact) mass is 302 g/mol. The Morgan fingerprint density at radius 1 is 1.27 bits per heavy atom. The fourth-order valence-electron chi connectivity index (χ4n) is 2.06. The molecule has 0 aliphatic rings. The molecule has 0 unspecified atom stereocenters. The highest BCUT2D eigenvalue weighted by Crippen LogP contribution is 2.23. The third-order valence-corrected chi connectivity index (χ3v) is 3.21. The first-order chi connectivity index (χ1) is 10.4. The van der Waals surface area contributed by atoms with Crippen molar-refractivity contribution in [3.05, 3.63) is 46.9 Å². The first-order valence-electron chi connectivity index (χ1n) is 6.71. The molecule has 1 aromatic heterocycles. The number of phenols is 1. The molecule has 1 heterocycles. The van der Waals surface area contributed by atoms with E-state index in [2.05, 4.69) is 10.5 Å². The zero-order chi connectivity index (χ0) is 16.3. The molecule has 6 heteroatoms. The summed E-state index contributed by atoms with van der Waals surface area (Å²) in [6, 6.07) is 6.52. The number of aromatic hydroxyl groups is 1. The van der Waals surface area contributed by atoms with Gasteiger partial charge in [-0.3, -0.25) is 4.79 Å². The van der Waals surface area contributed by atoms with Crippen LogP contribution in [0, 0.1) is 13.8 Å². The number of hydrogen-bond acceptors (Lipinski definition) is 5. The van der Waals surface area contributed by atoms with Crippen molar-refractivity contribution in [3.63, 3.8) is 0 Å². The highest BCUT2D eigenvalue weighted by Gasteiger charge is 2.13. The minimum absolute atomic E-state index is 0.0326. The summed E-state index contributed by atoms with van der Waals surface area (Å²) in [7, 11) is 1.52. The van der Waals surface area contributed by atoms with Crippen LogP contribution in [0.5, 0.6) is 11.5 Å². The molecule has 0 aliphatic heterocycles. The Morgan fingerprint density at radius 2 is 2.00 bits per heavy atom. The van der Waals surface area contributed by atoms with Gasteiger partial charge in [-0.1, -0.05) is 0 Å². The number of rotatable bonds is 4. The second-order valence-corrected chi connectivity index (χ2v) is 4.85. The van der Waals surface area contributed by atoms with Gasteiger partial charge in [0.05, 0.1) is 18.4 Å². The van der Waals surface area contributed by atoms with Crippen LogP contribution in [0.15, 0.2) is 33.8 Å². The lowest BCUT2D eigenvalue weighted by Gasteiger charge is -2.07. The van der Waals surface area contributed by atoms with Gasteiger partial charge in [0.2, 0.25) is 0 Å². The van der Waals surface area contributed by atoms with Gasteiger partial charge in [0.25, 0.3) is 5.91 Å². The van der Waals surface area contributed by atoms with Gasteiger partial charge in [0.15, 0.2) is 0 Å². The molecule has 2 aromatic rings. The van der Waals surface area contributed by atoms with Gasteiger partial charge < -0.3 is 14.3 Å². The third-order valence-electron chi connectivity index (χ3n) is 3.21. The van der Waals surface area contributed by atoms with Crippen LogP contribution >= 0.6 is 0 Å². The smallest absolute Gasteiger partial charge is 0.274 e. The van der Waals surface area contributed by atoms with Gasteiger partial charge >= 0.3 is 0 Å². The standard InChI is InChI=1S/C16H18N2O4/c1-9-7-14(11(3)22-9)16(20)18-17-10(2)13-6-5-12(21-4)8-15(13)19/h5-8,19H,1-4H3,(H,18,20)/b17-10+. The SMILES string of the molecule is COc1ccc(/C(C)=N/NC(=O)c2cc(C)oc2C)c(O)c1. The number of carbonyl (C=O) groups excluding carboxylic acids is 1. The first kappa shape index (κ1) is 15.6. The summed E-state index contributed by atoms with van der Waals surface area (Å²) in [5.74, 6) is 1.42. The van der Waals surface area contributed by atoms with Gasteiger partial charge in [0, 0.05) is 11.6 Å². The number of amides is 1. The van der Waals surface area contributed by atoms with E-state index in [0.717, 1.165) is 0 Å². The fraction of sp³-hybridized carbons (Fsp3) is 0.250. The molecule has 6 nitrogen and oxygen atoms in total. The van der Waals surface area contributed by atoms with Crippen LogP contribution in [0.4, 0.5) is 0 Å². The molecular formula is C16H18N2O4. The van der Waals surface area contributed by atoms with Crippen LogP contribution in [0.25, 0.3) is 0 Å². The lowest BCUT2D eigenvalue weighted by Crippen LogP contribution is -2.19. The molecule has 116 valence electrons. The second-order valence-electron chi connectivity index (χ2n) is 4.85. The predicted molar refractivity (Wildman–Crippen MR) is 82.5 cm³/mol. The molecule has 0 radical (unpaired) electrons. The van der Waals surface area contributed by atoms with Gasteiger partial charge in [-0.25, -0.2) is 5.43 Å². The summed E-state index contributed by atoms with van der Waals surface area (Å²) in [6.07, 6.45) is 0. The average molecular weight is 302 g/mol. The Kier molecular flexibility index (Phi) is 4.50. The van der Waals surface area contributed by atoms with E-state index in [1.165, 1.54) is 13.2 Å². The normalized spacial score (nSPS) is 11.4. The summed E-state index contributed by atoms with van der Waals surface area (Å²) in [5.41, 5.74) is 3.88. The summed E-state index contributed by atoms with van der Waals surface area (Å²) >= 11 is 0. The summed E-state index contributed by atoms with van der Waals surface area (Å²) in [4.78, 5) is 12.0. The number of aryl methyl sites for hydroxylation is 2. The lowest BCUT2D eigenvalue weighted by atomic mass is 10.1. The molecule has 2 N–H and O–H groups in total. The Balaban J connectivity index is 2.16. The van der Waals surface area contributed by atoms with E-state index in [9.17, 15) is 9.90 Å². The van der Waals surface area contributed by atoms with Crippen LogP contribution in [-0.4, -0.2) is 23.8 Å². The maximum atomic E-state index is 12.0. The van der Waals surface area contributed by atoms with Crippen molar-refractivity contribution in [3.8, 4) is 11.5 Å². The predicted octanol–water partition coefficient (Wildman–Crippen LogP) is 2.76. The summed E-state index contributed by atoms with van der Waals surface area (Å²) < 4.78 is 10.3. The highest BCUT2D eigenvalue weighted by atomic mass is 16.5. The maximum Gasteiger partial charge on any atom is 0.274 e. The molecule has 0 spiro atoms. The van der Waals surface area contributed by atoms with Crippen molar-refractivity contribution in [2.24, 2.45) is 5.10 Å². The second kappa shape index (κ2) is 6.34. The minimum Gasteiger partial charge on any atom is -0.507 e. The number of carbonyl (C=O) groups is 1. The average Bonchev–Trinajstić information content (AvgIpc) is 2.83. The Bertz CT molecular complexity index is 732. The number of nitrogens with zero attached hydrogens (tertiary/aromatic N) is 1. The quantitative estimate of drug-likeness (QED) is 0.672. The van der Waals surface area contributed by atoms with Crippen molar-refractivity contribution in [2.75, 3.05) is 7.11 Å². The van der Waals surface area contributed by atoms with Crippen molar-refractivity contribution < 1.29 is 19.1 Å². The van der Waals surface area contributed by atoms with Gasteiger partial charge in [-0.15, -0.1) is 0 Å². The van der Waals surface area contributed by atoms with E-state index >= 15 is 0 Å². The number of benzene rings is 1. The number of hydrazone groups is 1. The summed E-state index contributed by atoms with van der Waals surface area (Å²) in [5, 5.41) is 13.9. The van der Waals surface area contributed by atoms with E-state index < -0.39 is 0 Å². The Labute approximate surface area is 128 Å². The molecule has 0 fully saturated rings. The Hall–Kier alpha value is -2.76. The molecule has 1 amide bonds. The maximum absolute atomic E-state index is 12.0. The van der Waals surface area contributed by atoms with E-state index in [1.807, 2.05) is 0 Å². The summed E-state index contributed by atoms with van der Waals surface area (Å²) in [6.45, 7) is 5.18. The molecule has 0 atom stereocenters. The number of furan rings is 1. The largest absolute Gasteiger partial charge is 0.507 e. The van der Waals surface area contributed by atoms with Gasteiger partial charge in [-0.05, 0) is 39.0 Å². The zero-order valence-electron chi connectivity index (χ0n) is 12.9. The topological polar surface area (TPSA) is 84.1 Å². The Morgan fingerprint density at radius 3 is 2.55 bits per heavy atom. The number of nitrogens with one attached hydrogen (secondary N) is 1. The molecule has 0 aliphatic carbocycles. The number of ether oxygens (including phenoxy) is 1. The molecule has 1 aromatic carbocycles. The van der Waals surface area contributed by atoms with Crippen molar-refractivity contribution in [1.29, 1.82) is 0 Å². The first-order valence-corrected chi connectivity index (χ1v) is 6.71. The van der Waals surface area contributed by atoms with E-state index in [1.54, 1.807) is 39.0 Å². The van der Waals surface area contributed by atoms with Crippen molar-refractivity contribution in [2.45, 2.75) is 20.8 Å². The van der Waals surface area contributed by atoms with Crippen molar-refractivity contribution >= 4 is 11.6 Å². The van der Waals surface area contributed by atoms with Crippen molar-refractivity contribution in [1.82, 2.24) is 5.43 Å². The molecule has 0 saturated carbocycles. The van der Waals surface area contributed by atoms with Crippen LogP contribution in [0.3, 0.4) is 0 Å². The molecular weight excluding hydrogens is 284 g/mol. The lowest BCUT2D eigenvalue weighted by molar-refractivity contribution is 0.0953. The number of methoxy groups -OCH3 is 1.